The normalized spacial score (nSPS) is 10.9. The Balaban J connectivity index is 0.000000505. The van der Waals surface area contributed by atoms with Crippen molar-refractivity contribution in [2.45, 2.75) is 47.1 Å². The largest absolute Gasteiger partial charge is 0.491 e. The molecule has 0 bridgehead atoms. The Hall–Kier alpha value is -3.48. The van der Waals surface area contributed by atoms with Crippen LogP contribution in [0.1, 0.15) is 40.3 Å². The first kappa shape index (κ1) is 29.1. The predicted octanol–water partition coefficient (Wildman–Crippen LogP) is 7.84. The summed E-state index contributed by atoms with van der Waals surface area (Å²) in [5.41, 5.74) is 2.44. The molecule has 4 aromatic rings. The van der Waals surface area contributed by atoms with E-state index in [4.69, 9.17) is 21.1 Å². The second kappa shape index (κ2) is 13.9. The van der Waals surface area contributed by atoms with Crippen LogP contribution in [-0.2, 0) is 11.2 Å². The van der Waals surface area contributed by atoms with E-state index in [1.54, 1.807) is 12.1 Å². The van der Waals surface area contributed by atoms with Crippen molar-refractivity contribution < 1.29 is 19.4 Å². The molecule has 0 aliphatic carbocycles. The molecule has 1 heterocycles. The first-order chi connectivity index (χ1) is 18.2. The van der Waals surface area contributed by atoms with Gasteiger partial charge in [0, 0.05) is 21.8 Å². The summed E-state index contributed by atoms with van der Waals surface area (Å²) in [6, 6.07) is 22.4. The number of aromatic nitrogens is 1. The summed E-state index contributed by atoms with van der Waals surface area (Å²) in [4.78, 5) is 13.8. The van der Waals surface area contributed by atoms with Gasteiger partial charge in [0.15, 0.2) is 0 Å². The number of aliphatic carboxylic acids is 1. The van der Waals surface area contributed by atoms with Crippen LogP contribution in [0.3, 0.4) is 0 Å². The standard InChI is InChI=1S/C25H22ClNO4.C6H15N/c1-16(2)30-21-8-6-19(7-9-21)27-20(15-25(28)29)12-17-13-23(10-11-24(17)27)31-22-5-3-4-18(26)14-22;1-4-7(5-2)6-3/h3-14,16H,15H2,1-2H3,(H,28,29);4-6H2,1-3H3. The molecule has 0 fully saturated rings. The molecule has 0 aliphatic heterocycles. The smallest absolute Gasteiger partial charge is 0.309 e. The average molecular weight is 537 g/mol. The lowest BCUT2D eigenvalue weighted by molar-refractivity contribution is -0.136. The van der Waals surface area contributed by atoms with Gasteiger partial charge in [0.25, 0.3) is 0 Å². The topological polar surface area (TPSA) is 63.9 Å². The first-order valence-electron chi connectivity index (χ1n) is 13.0. The summed E-state index contributed by atoms with van der Waals surface area (Å²) in [5, 5.41) is 10.9. The zero-order chi connectivity index (χ0) is 27.7. The van der Waals surface area contributed by atoms with E-state index in [0.29, 0.717) is 22.2 Å². The highest BCUT2D eigenvalue weighted by Crippen LogP contribution is 2.31. The monoisotopic (exact) mass is 536 g/mol. The molecule has 0 saturated carbocycles. The number of hydrogen-bond acceptors (Lipinski definition) is 4. The van der Waals surface area contributed by atoms with Crippen LogP contribution < -0.4 is 9.47 Å². The first-order valence-corrected chi connectivity index (χ1v) is 13.4. The maximum absolute atomic E-state index is 11.5. The fraction of sp³-hybridized carbons (Fsp3) is 0.323. The molecule has 202 valence electrons. The second-order valence-corrected chi connectivity index (χ2v) is 9.54. The van der Waals surface area contributed by atoms with E-state index in [9.17, 15) is 9.90 Å². The number of carbonyl (C=O) groups is 1. The predicted molar refractivity (Wildman–Crippen MR) is 155 cm³/mol. The fourth-order valence-corrected chi connectivity index (χ4v) is 4.37. The third-order valence-corrected chi connectivity index (χ3v) is 6.26. The van der Waals surface area contributed by atoms with Crippen molar-refractivity contribution >= 4 is 28.5 Å². The fourth-order valence-electron chi connectivity index (χ4n) is 4.19. The zero-order valence-electron chi connectivity index (χ0n) is 22.8. The van der Waals surface area contributed by atoms with Crippen molar-refractivity contribution in [1.82, 2.24) is 9.47 Å². The number of benzene rings is 3. The summed E-state index contributed by atoms with van der Waals surface area (Å²) in [7, 11) is 0. The van der Waals surface area contributed by atoms with Crippen LogP contribution in [0.5, 0.6) is 17.2 Å². The third kappa shape index (κ3) is 8.01. The van der Waals surface area contributed by atoms with E-state index >= 15 is 0 Å². The Morgan fingerprint density at radius 3 is 2.08 bits per heavy atom. The van der Waals surface area contributed by atoms with Gasteiger partial charge in [0.1, 0.15) is 17.2 Å². The number of carboxylic acids is 1. The molecule has 1 aromatic heterocycles. The van der Waals surface area contributed by atoms with Crippen LogP contribution in [0.15, 0.2) is 72.8 Å². The van der Waals surface area contributed by atoms with Gasteiger partial charge < -0.3 is 24.0 Å². The Morgan fingerprint density at radius 1 is 0.895 bits per heavy atom. The number of fused-ring (bicyclic) bond motifs is 1. The van der Waals surface area contributed by atoms with Crippen LogP contribution in [0, 0.1) is 0 Å². The molecule has 38 heavy (non-hydrogen) atoms. The minimum Gasteiger partial charge on any atom is -0.491 e. The van der Waals surface area contributed by atoms with E-state index in [1.807, 2.05) is 79.1 Å². The highest BCUT2D eigenvalue weighted by atomic mass is 35.5. The van der Waals surface area contributed by atoms with Gasteiger partial charge in [-0.25, -0.2) is 0 Å². The lowest BCUT2D eigenvalue weighted by atomic mass is 10.2. The Labute approximate surface area is 230 Å². The molecule has 1 N–H and O–H groups in total. The van der Waals surface area contributed by atoms with Gasteiger partial charge in [-0.1, -0.05) is 38.4 Å². The number of rotatable bonds is 10. The molecule has 6 nitrogen and oxygen atoms in total. The highest BCUT2D eigenvalue weighted by Gasteiger charge is 2.15. The molecule has 0 radical (unpaired) electrons. The number of hydrogen-bond donors (Lipinski definition) is 1. The number of carboxylic acid groups (broad SMARTS) is 1. The number of halogens is 1. The molecular weight excluding hydrogens is 500 g/mol. The van der Waals surface area contributed by atoms with Crippen molar-refractivity contribution in [3.63, 3.8) is 0 Å². The van der Waals surface area contributed by atoms with E-state index in [0.717, 1.165) is 22.3 Å². The summed E-state index contributed by atoms with van der Waals surface area (Å²) >= 11 is 6.04. The zero-order valence-corrected chi connectivity index (χ0v) is 23.5. The maximum atomic E-state index is 11.5. The van der Waals surface area contributed by atoms with Gasteiger partial charge in [-0.3, -0.25) is 4.79 Å². The molecule has 7 heteroatoms. The molecule has 0 spiro atoms. The number of nitrogens with zero attached hydrogens (tertiary/aromatic N) is 2. The minimum atomic E-state index is -0.890. The highest BCUT2D eigenvalue weighted by molar-refractivity contribution is 6.30. The van der Waals surface area contributed by atoms with Crippen molar-refractivity contribution in [1.29, 1.82) is 0 Å². The van der Waals surface area contributed by atoms with E-state index in [-0.39, 0.29) is 12.5 Å². The molecule has 0 aliphatic rings. The van der Waals surface area contributed by atoms with Crippen LogP contribution in [0.25, 0.3) is 16.6 Å². The van der Waals surface area contributed by atoms with Crippen LogP contribution in [0.4, 0.5) is 0 Å². The van der Waals surface area contributed by atoms with E-state index < -0.39 is 5.97 Å². The van der Waals surface area contributed by atoms with Crippen LogP contribution in [0.2, 0.25) is 5.02 Å². The van der Waals surface area contributed by atoms with Crippen LogP contribution in [-0.4, -0.2) is 46.3 Å². The molecule has 4 rings (SSSR count). The minimum absolute atomic E-state index is 0.0822. The van der Waals surface area contributed by atoms with Gasteiger partial charge >= 0.3 is 5.97 Å². The van der Waals surface area contributed by atoms with Gasteiger partial charge in [0.05, 0.1) is 18.0 Å². The average Bonchev–Trinajstić information content (AvgIpc) is 3.22. The quantitative estimate of drug-likeness (QED) is 0.224. The van der Waals surface area contributed by atoms with Crippen molar-refractivity contribution in [2.75, 3.05) is 19.6 Å². The van der Waals surface area contributed by atoms with Gasteiger partial charge in [-0.05, 0) is 100 Å². The molecule has 0 atom stereocenters. The second-order valence-electron chi connectivity index (χ2n) is 9.10. The Kier molecular flexibility index (Phi) is 10.6. The lowest BCUT2D eigenvalue weighted by Gasteiger charge is -2.13. The summed E-state index contributed by atoms with van der Waals surface area (Å²) in [6.45, 7) is 14.1. The van der Waals surface area contributed by atoms with Crippen molar-refractivity contribution in [3.05, 3.63) is 83.5 Å². The molecule has 0 unspecified atom stereocenters. The third-order valence-electron chi connectivity index (χ3n) is 6.02. The lowest BCUT2D eigenvalue weighted by Crippen LogP contribution is -2.21. The molecule has 3 aromatic carbocycles. The Bertz CT molecular complexity index is 1320. The van der Waals surface area contributed by atoms with Crippen molar-refractivity contribution in [3.8, 4) is 22.9 Å². The summed E-state index contributed by atoms with van der Waals surface area (Å²) in [6.07, 6.45) is -0.0117. The summed E-state index contributed by atoms with van der Waals surface area (Å²) in [5.74, 6) is 1.17. The molecule has 0 amide bonds. The van der Waals surface area contributed by atoms with Gasteiger partial charge in [0.2, 0.25) is 0 Å². The SMILES string of the molecule is CC(C)Oc1ccc(-n2c(CC(=O)O)cc3cc(Oc4cccc(Cl)c4)ccc32)cc1.CCN(CC)CC. The van der Waals surface area contributed by atoms with Crippen LogP contribution >= 0.6 is 11.6 Å². The van der Waals surface area contributed by atoms with Gasteiger partial charge in [-0.2, -0.15) is 0 Å². The Morgan fingerprint density at radius 2 is 1.53 bits per heavy atom. The number of ether oxygens (including phenoxy) is 2. The maximum Gasteiger partial charge on any atom is 0.309 e. The van der Waals surface area contributed by atoms with Crippen molar-refractivity contribution in [2.24, 2.45) is 0 Å². The van der Waals surface area contributed by atoms with Gasteiger partial charge in [-0.15, -0.1) is 0 Å². The summed E-state index contributed by atoms with van der Waals surface area (Å²) < 4.78 is 13.6. The van der Waals surface area contributed by atoms with E-state index in [1.165, 1.54) is 19.6 Å². The molecular formula is C31H37ClN2O4. The van der Waals surface area contributed by atoms with E-state index in [2.05, 4.69) is 25.7 Å². The molecule has 0 saturated heterocycles.